The second-order valence-corrected chi connectivity index (χ2v) is 4.61. The van der Waals surface area contributed by atoms with E-state index in [0.29, 0.717) is 5.02 Å². The van der Waals surface area contributed by atoms with Crippen LogP contribution in [-0.4, -0.2) is 18.8 Å². The van der Waals surface area contributed by atoms with Gasteiger partial charge in [-0.15, -0.1) is 0 Å². The van der Waals surface area contributed by atoms with Crippen LogP contribution in [-0.2, 0) is 10.3 Å². The Kier molecular flexibility index (Phi) is 4.02. The maximum absolute atomic E-state index is 10.9. The van der Waals surface area contributed by atoms with Crippen LogP contribution >= 0.6 is 11.6 Å². The van der Waals surface area contributed by atoms with Crippen LogP contribution in [0.5, 0.6) is 0 Å². The molecule has 3 heteroatoms. The molecule has 1 N–H and O–H groups in total. The fourth-order valence-electron chi connectivity index (χ4n) is 2.00. The largest absolute Gasteiger partial charge is 0.381 e. The van der Waals surface area contributed by atoms with Gasteiger partial charge in [-0.25, -0.2) is 0 Å². The SMILES string of the molecule is COCC(O)(c1ccccc1)c1cccc(Cl)c1. The molecular weight excluding hydrogens is 248 g/mol. The third kappa shape index (κ3) is 2.56. The van der Waals surface area contributed by atoms with Crippen LogP contribution in [0.3, 0.4) is 0 Å². The second kappa shape index (κ2) is 5.53. The summed E-state index contributed by atoms with van der Waals surface area (Å²) >= 11 is 5.99. The highest BCUT2D eigenvalue weighted by atomic mass is 35.5. The third-order valence-corrected chi connectivity index (χ3v) is 3.14. The summed E-state index contributed by atoms with van der Waals surface area (Å²) in [7, 11) is 1.57. The van der Waals surface area contributed by atoms with Crippen molar-refractivity contribution in [3.05, 3.63) is 70.7 Å². The Morgan fingerprint density at radius 1 is 1.06 bits per heavy atom. The minimum Gasteiger partial charge on any atom is -0.381 e. The van der Waals surface area contributed by atoms with Gasteiger partial charge in [-0.05, 0) is 23.3 Å². The van der Waals surface area contributed by atoms with Crippen molar-refractivity contribution < 1.29 is 9.84 Å². The van der Waals surface area contributed by atoms with E-state index in [1.807, 2.05) is 42.5 Å². The monoisotopic (exact) mass is 262 g/mol. The van der Waals surface area contributed by atoms with Crippen LogP contribution in [0.4, 0.5) is 0 Å². The molecule has 1 unspecified atom stereocenters. The van der Waals surface area contributed by atoms with Gasteiger partial charge < -0.3 is 9.84 Å². The highest BCUT2D eigenvalue weighted by molar-refractivity contribution is 6.30. The summed E-state index contributed by atoms with van der Waals surface area (Å²) in [5, 5.41) is 11.5. The van der Waals surface area contributed by atoms with E-state index in [4.69, 9.17) is 16.3 Å². The first-order valence-corrected chi connectivity index (χ1v) is 6.07. The summed E-state index contributed by atoms with van der Waals surface area (Å²) in [6.45, 7) is 0.178. The van der Waals surface area contributed by atoms with E-state index >= 15 is 0 Å². The molecule has 0 aliphatic carbocycles. The van der Waals surface area contributed by atoms with Crippen molar-refractivity contribution in [1.29, 1.82) is 0 Å². The van der Waals surface area contributed by atoms with E-state index in [2.05, 4.69) is 0 Å². The van der Waals surface area contributed by atoms with E-state index in [1.165, 1.54) is 0 Å². The maximum Gasteiger partial charge on any atom is 0.138 e. The molecule has 2 aromatic carbocycles. The van der Waals surface area contributed by atoms with E-state index in [1.54, 1.807) is 19.2 Å². The lowest BCUT2D eigenvalue weighted by molar-refractivity contribution is -0.00327. The highest BCUT2D eigenvalue weighted by Crippen LogP contribution is 2.31. The summed E-state index contributed by atoms with van der Waals surface area (Å²) in [6, 6.07) is 16.6. The number of ether oxygens (including phenoxy) is 1. The summed E-state index contributed by atoms with van der Waals surface area (Å²) in [5.41, 5.74) is 0.332. The van der Waals surface area contributed by atoms with Crippen molar-refractivity contribution in [2.45, 2.75) is 5.60 Å². The molecule has 18 heavy (non-hydrogen) atoms. The number of halogens is 1. The normalized spacial score (nSPS) is 14.2. The molecule has 0 saturated heterocycles. The van der Waals surface area contributed by atoms with Crippen LogP contribution < -0.4 is 0 Å². The molecule has 0 aromatic heterocycles. The van der Waals surface area contributed by atoms with Gasteiger partial charge in [0.15, 0.2) is 0 Å². The van der Waals surface area contributed by atoms with Crippen LogP contribution in [0.1, 0.15) is 11.1 Å². The Morgan fingerprint density at radius 3 is 2.33 bits per heavy atom. The predicted octanol–water partition coefficient (Wildman–Crippen LogP) is 3.22. The molecule has 0 fully saturated rings. The summed E-state index contributed by atoms with van der Waals surface area (Å²) in [5.74, 6) is 0. The lowest BCUT2D eigenvalue weighted by Crippen LogP contribution is -2.32. The molecule has 94 valence electrons. The number of methoxy groups -OCH3 is 1. The first-order chi connectivity index (χ1) is 8.66. The average Bonchev–Trinajstić information content (AvgIpc) is 2.40. The van der Waals surface area contributed by atoms with Crippen LogP contribution in [0.25, 0.3) is 0 Å². The highest BCUT2D eigenvalue weighted by Gasteiger charge is 2.31. The van der Waals surface area contributed by atoms with Gasteiger partial charge in [-0.3, -0.25) is 0 Å². The van der Waals surface area contributed by atoms with Crippen molar-refractivity contribution in [3.8, 4) is 0 Å². The molecular formula is C15H15ClO2. The number of benzene rings is 2. The topological polar surface area (TPSA) is 29.5 Å². The Bertz CT molecular complexity index is 513. The first kappa shape index (κ1) is 13.1. The minimum atomic E-state index is -1.18. The van der Waals surface area contributed by atoms with Gasteiger partial charge in [-0.2, -0.15) is 0 Å². The molecule has 2 rings (SSSR count). The van der Waals surface area contributed by atoms with Gasteiger partial charge in [0, 0.05) is 12.1 Å². The number of rotatable bonds is 4. The Balaban J connectivity index is 2.50. The zero-order valence-corrected chi connectivity index (χ0v) is 10.9. The number of hydrogen-bond acceptors (Lipinski definition) is 2. The Morgan fingerprint density at radius 2 is 1.72 bits per heavy atom. The van der Waals surface area contributed by atoms with Crippen molar-refractivity contribution in [3.63, 3.8) is 0 Å². The lowest BCUT2D eigenvalue weighted by Gasteiger charge is -2.28. The average molecular weight is 263 g/mol. The zero-order valence-electron chi connectivity index (χ0n) is 10.1. The molecule has 0 spiro atoms. The van der Waals surface area contributed by atoms with E-state index in [0.717, 1.165) is 11.1 Å². The fourth-order valence-corrected chi connectivity index (χ4v) is 2.19. The van der Waals surface area contributed by atoms with Crippen molar-refractivity contribution in [2.75, 3.05) is 13.7 Å². The van der Waals surface area contributed by atoms with Gasteiger partial charge >= 0.3 is 0 Å². The molecule has 0 radical (unpaired) electrons. The van der Waals surface area contributed by atoms with Crippen LogP contribution in [0, 0.1) is 0 Å². The third-order valence-electron chi connectivity index (χ3n) is 2.91. The van der Waals surface area contributed by atoms with E-state index in [-0.39, 0.29) is 6.61 Å². The van der Waals surface area contributed by atoms with Crippen molar-refractivity contribution in [2.24, 2.45) is 0 Å². The summed E-state index contributed by atoms with van der Waals surface area (Å²) < 4.78 is 5.16. The zero-order chi connectivity index (χ0) is 13.0. The van der Waals surface area contributed by atoms with Gasteiger partial charge in [0.05, 0.1) is 6.61 Å². The van der Waals surface area contributed by atoms with E-state index in [9.17, 15) is 5.11 Å². The van der Waals surface area contributed by atoms with Crippen LogP contribution in [0.15, 0.2) is 54.6 Å². The standard InChI is InChI=1S/C15H15ClO2/c1-18-11-15(17,12-6-3-2-4-7-12)13-8-5-9-14(16)10-13/h2-10,17H,11H2,1H3. The van der Waals surface area contributed by atoms with Crippen molar-refractivity contribution >= 4 is 11.6 Å². The molecule has 1 atom stereocenters. The van der Waals surface area contributed by atoms with Gasteiger partial charge in [0.1, 0.15) is 5.60 Å². The van der Waals surface area contributed by atoms with Crippen LogP contribution in [0.2, 0.25) is 5.02 Å². The quantitative estimate of drug-likeness (QED) is 0.917. The molecule has 2 aromatic rings. The van der Waals surface area contributed by atoms with E-state index < -0.39 is 5.60 Å². The molecule has 0 aliphatic heterocycles. The van der Waals surface area contributed by atoms with Crippen molar-refractivity contribution in [1.82, 2.24) is 0 Å². The molecule has 0 amide bonds. The number of hydrogen-bond donors (Lipinski definition) is 1. The minimum absolute atomic E-state index is 0.178. The number of aliphatic hydroxyl groups is 1. The fraction of sp³-hybridized carbons (Fsp3) is 0.200. The lowest BCUT2D eigenvalue weighted by atomic mass is 9.87. The summed E-state index contributed by atoms with van der Waals surface area (Å²) in [4.78, 5) is 0. The first-order valence-electron chi connectivity index (χ1n) is 5.70. The smallest absolute Gasteiger partial charge is 0.138 e. The molecule has 0 heterocycles. The molecule has 0 aliphatic rings. The molecule has 0 bridgehead atoms. The molecule has 0 saturated carbocycles. The van der Waals surface area contributed by atoms with Gasteiger partial charge in [-0.1, -0.05) is 54.1 Å². The second-order valence-electron chi connectivity index (χ2n) is 4.17. The van der Waals surface area contributed by atoms with Gasteiger partial charge in [0.25, 0.3) is 0 Å². The Labute approximate surface area is 112 Å². The maximum atomic E-state index is 10.9. The van der Waals surface area contributed by atoms with Gasteiger partial charge in [0.2, 0.25) is 0 Å². The predicted molar refractivity (Wildman–Crippen MR) is 72.8 cm³/mol. The molecule has 2 nitrogen and oxygen atoms in total. The summed E-state index contributed by atoms with van der Waals surface area (Å²) in [6.07, 6.45) is 0. The Hall–Kier alpha value is -1.35.